The Kier molecular flexibility index (Phi) is 2.49. The third-order valence-corrected chi connectivity index (χ3v) is 3.69. The second kappa shape index (κ2) is 4.34. The molecule has 2 heterocycles. The Labute approximate surface area is 115 Å². The highest BCUT2D eigenvalue weighted by atomic mass is 19.1. The van der Waals surface area contributed by atoms with Gasteiger partial charge in [-0.15, -0.1) is 0 Å². The van der Waals surface area contributed by atoms with Crippen molar-refractivity contribution in [1.82, 2.24) is 9.55 Å². The van der Waals surface area contributed by atoms with Crippen LogP contribution in [0.2, 0.25) is 0 Å². The zero-order chi connectivity index (χ0) is 13.5. The van der Waals surface area contributed by atoms with Crippen LogP contribution in [0.3, 0.4) is 0 Å². The van der Waals surface area contributed by atoms with Gasteiger partial charge in [0, 0.05) is 12.0 Å². The fraction of sp³-hybridized carbons (Fsp3) is 0.188. The summed E-state index contributed by atoms with van der Waals surface area (Å²) in [7, 11) is 0. The minimum atomic E-state index is -0.207. The number of rotatable bonds is 2. The molecule has 0 N–H and O–H groups in total. The summed E-state index contributed by atoms with van der Waals surface area (Å²) >= 11 is 0. The number of aromatic nitrogens is 2. The zero-order valence-corrected chi connectivity index (χ0v) is 10.8. The summed E-state index contributed by atoms with van der Waals surface area (Å²) in [4.78, 5) is 4.37. The highest BCUT2D eigenvalue weighted by Gasteiger charge is 2.24. The predicted molar refractivity (Wildman–Crippen MR) is 74.3 cm³/mol. The summed E-state index contributed by atoms with van der Waals surface area (Å²) < 4.78 is 21.2. The maximum absolute atomic E-state index is 13.2. The number of imidazole rings is 1. The Morgan fingerprint density at radius 1 is 1.25 bits per heavy atom. The highest BCUT2D eigenvalue weighted by molar-refractivity contribution is 5.74. The van der Waals surface area contributed by atoms with Crippen molar-refractivity contribution in [2.45, 2.75) is 19.1 Å². The number of ether oxygens (including phenoxy) is 1. The van der Waals surface area contributed by atoms with Gasteiger partial charge in [0.25, 0.3) is 0 Å². The molecule has 3 aromatic rings. The molecule has 3 nitrogen and oxygen atoms in total. The topological polar surface area (TPSA) is 27.1 Å². The van der Waals surface area contributed by atoms with Crippen LogP contribution in [0.15, 0.2) is 48.8 Å². The number of fused-ring (bicyclic) bond motifs is 2. The second-order valence-corrected chi connectivity index (χ2v) is 5.08. The predicted octanol–water partition coefficient (Wildman–Crippen LogP) is 3.18. The first-order valence-electron chi connectivity index (χ1n) is 6.64. The average Bonchev–Trinajstić information content (AvgIpc) is 3.03. The van der Waals surface area contributed by atoms with E-state index in [1.165, 1.54) is 6.07 Å². The fourth-order valence-electron chi connectivity index (χ4n) is 2.77. The Morgan fingerprint density at radius 3 is 3.10 bits per heavy atom. The minimum absolute atomic E-state index is 0.0319. The summed E-state index contributed by atoms with van der Waals surface area (Å²) in [6.45, 7) is 0.719. The van der Waals surface area contributed by atoms with Gasteiger partial charge in [0.2, 0.25) is 0 Å². The molecule has 0 aliphatic carbocycles. The monoisotopic (exact) mass is 268 g/mol. The molecular weight excluding hydrogens is 255 g/mol. The van der Waals surface area contributed by atoms with E-state index in [1.54, 1.807) is 12.1 Å². The quantitative estimate of drug-likeness (QED) is 0.713. The van der Waals surface area contributed by atoms with Crippen molar-refractivity contribution in [3.05, 3.63) is 60.2 Å². The van der Waals surface area contributed by atoms with Gasteiger partial charge < -0.3 is 9.30 Å². The van der Waals surface area contributed by atoms with Crippen LogP contribution in [0.25, 0.3) is 11.0 Å². The van der Waals surface area contributed by atoms with Gasteiger partial charge >= 0.3 is 0 Å². The van der Waals surface area contributed by atoms with Crippen LogP contribution < -0.4 is 4.74 Å². The van der Waals surface area contributed by atoms with Gasteiger partial charge in [-0.05, 0) is 30.3 Å². The van der Waals surface area contributed by atoms with Crippen LogP contribution >= 0.6 is 0 Å². The van der Waals surface area contributed by atoms with Crippen LogP contribution in [0.4, 0.5) is 4.39 Å². The van der Waals surface area contributed by atoms with Crippen LogP contribution in [-0.4, -0.2) is 15.7 Å². The van der Waals surface area contributed by atoms with Crippen molar-refractivity contribution in [3.8, 4) is 5.75 Å². The fourth-order valence-corrected chi connectivity index (χ4v) is 2.77. The number of hydrogen-bond acceptors (Lipinski definition) is 2. The molecule has 1 atom stereocenters. The largest absolute Gasteiger partial charge is 0.488 e. The second-order valence-electron chi connectivity index (χ2n) is 5.08. The summed E-state index contributed by atoms with van der Waals surface area (Å²) in [6, 6.07) is 12.7. The van der Waals surface area contributed by atoms with Crippen LogP contribution in [0.1, 0.15) is 5.56 Å². The Hall–Kier alpha value is -2.36. The molecule has 100 valence electrons. The van der Waals surface area contributed by atoms with Crippen molar-refractivity contribution < 1.29 is 9.13 Å². The lowest BCUT2D eigenvalue weighted by molar-refractivity contribution is 0.211. The molecule has 1 unspecified atom stereocenters. The van der Waals surface area contributed by atoms with E-state index in [1.807, 2.05) is 30.6 Å². The smallest absolute Gasteiger partial charge is 0.123 e. The van der Waals surface area contributed by atoms with E-state index in [2.05, 4.69) is 9.55 Å². The number of nitrogens with zero attached hydrogens (tertiary/aromatic N) is 2. The van der Waals surface area contributed by atoms with Crippen molar-refractivity contribution in [1.29, 1.82) is 0 Å². The van der Waals surface area contributed by atoms with Gasteiger partial charge in [0.15, 0.2) is 0 Å². The number of halogens is 1. The van der Waals surface area contributed by atoms with E-state index in [0.29, 0.717) is 0 Å². The van der Waals surface area contributed by atoms with E-state index in [4.69, 9.17) is 4.74 Å². The van der Waals surface area contributed by atoms with E-state index < -0.39 is 0 Å². The molecule has 1 aromatic heterocycles. The molecule has 0 radical (unpaired) electrons. The van der Waals surface area contributed by atoms with Gasteiger partial charge in [-0.2, -0.15) is 0 Å². The van der Waals surface area contributed by atoms with Crippen LogP contribution in [0.5, 0.6) is 5.75 Å². The molecule has 0 amide bonds. The third-order valence-electron chi connectivity index (χ3n) is 3.69. The Bertz CT molecular complexity index is 781. The van der Waals surface area contributed by atoms with Crippen molar-refractivity contribution >= 4 is 11.0 Å². The van der Waals surface area contributed by atoms with Crippen molar-refractivity contribution in [2.75, 3.05) is 0 Å². The van der Waals surface area contributed by atoms with Gasteiger partial charge in [-0.1, -0.05) is 12.1 Å². The average molecular weight is 268 g/mol. The highest BCUT2D eigenvalue weighted by Crippen LogP contribution is 2.30. The standard InChI is InChI=1S/C16H13FN2O/c17-12-5-6-16-11(7-12)8-13(20-16)9-19-10-18-14-3-1-2-4-15(14)19/h1-7,10,13H,8-9H2. The first kappa shape index (κ1) is 11.5. The Balaban J connectivity index is 1.59. The van der Waals surface area contributed by atoms with E-state index >= 15 is 0 Å². The SMILES string of the molecule is Fc1ccc2c(c1)CC(Cn1cnc3ccccc31)O2. The van der Waals surface area contributed by atoms with E-state index in [9.17, 15) is 4.39 Å². The molecule has 0 bridgehead atoms. The molecule has 2 aromatic carbocycles. The normalized spacial score (nSPS) is 17.1. The molecule has 0 fully saturated rings. The van der Waals surface area contributed by atoms with Gasteiger partial charge in [-0.25, -0.2) is 9.37 Å². The van der Waals surface area contributed by atoms with E-state index in [-0.39, 0.29) is 11.9 Å². The lowest BCUT2D eigenvalue weighted by Crippen LogP contribution is -2.20. The number of hydrogen-bond donors (Lipinski definition) is 0. The maximum atomic E-state index is 13.2. The number of para-hydroxylation sites is 2. The van der Waals surface area contributed by atoms with Crippen LogP contribution in [-0.2, 0) is 13.0 Å². The van der Waals surface area contributed by atoms with Gasteiger partial charge in [0.1, 0.15) is 17.7 Å². The molecule has 4 heteroatoms. The summed E-state index contributed by atoms with van der Waals surface area (Å²) in [5.41, 5.74) is 3.02. The molecule has 1 aliphatic rings. The number of benzene rings is 2. The van der Waals surface area contributed by atoms with Gasteiger partial charge in [0.05, 0.1) is 23.9 Å². The first-order valence-corrected chi connectivity index (χ1v) is 6.64. The summed E-state index contributed by atoms with van der Waals surface area (Å²) in [5.74, 6) is 0.585. The van der Waals surface area contributed by atoms with Gasteiger partial charge in [-0.3, -0.25) is 0 Å². The molecule has 0 saturated heterocycles. The zero-order valence-electron chi connectivity index (χ0n) is 10.8. The molecule has 20 heavy (non-hydrogen) atoms. The summed E-state index contributed by atoms with van der Waals surface area (Å²) in [6.07, 6.45) is 2.60. The van der Waals surface area contributed by atoms with Crippen molar-refractivity contribution in [2.24, 2.45) is 0 Å². The molecular formula is C16H13FN2O. The van der Waals surface area contributed by atoms with Crippen molar-refractivity contribution in [3.63, 3.8) is 0 Å². The first-order chi connectivity index (χ1) is 9.79. The lowest BCUT2D eigenvalue weighted by atomic mass is 10.1. The Morgan fingerprint density at radius 2 is 2.15 bits per heavy atom. The maximum Gasteiger partial charge on any atom is 0.123 e. The third kappa shape index (κ3) is 1.84. The summed E-state index contributed by atoms with van der Waals surface area (Å²) in [5, 5.41) is 0. The molecule has 0 saturated carbocycles. The lowest BCUT2D eigenvalue weighted by Gasteiger charge is -2.12. The molecule has 4 rings (SSSR count). The van der Waals surface area contributed by atoms with E-state index in [0.717, 1.165) is 35.3 Å². The molecule has 0 spiro atoms. The molecule has 1 aliphatic heterocycles. The van der Waals surface area contributed by atoms with Crippen LogP contribution in [0, 0.1) is 5.82 Å². The minimum Gasteiger partial charge on any atom is -0.488 e.